The molecule has 10 nitrogen and oxygen atoms in total. The lowest BCUT2D eigenvalue weighted by Gasteiger charge is -2.29. The number of nitrogens with zero attached hydrogens (tertiary/aromatic N) is 4. The van der Waals surface area contributed by atoms with E-state index < -0.39 is 11.9 Å². The molecule has 42 heavy (non-hydrogen) atoms. The topological polar surface area (TPSA) is 104 Å². The van der Waals surface area contributed by atoms with Gasteiger partial charge in [0.25, 0.3) is 5.91 Å². The van der Waals surface area contributed by atoms with Crippen LogP contribution in [0.3, 0.4) is 0 Å². The number of hydrogen-bond acceptors (Lipinski definition) is 8. The van der Waals surface area contributed by atoms with Crippen molar-refractivity contribution in [2.24, 2.45) is 0 Å². The van der Waals surface area contributed by atoms with E-state index in [0.717, 1.165) is 73.7 Å². The maximum absolute atomic E-state index is 13.0. The Morgan fingerprint density at radius 2 is 1.93 bits per heavy atom. The zero-order valence-corrected chi connectivity index (χ0v) is 23.3. The van der Waals surface area contributed by atoms with E-state index in [0.29, 0.717) is 30.7 Å². The summed E-state index contributed by atoms with van der Waals surface area (Å²) in [5.41, 5.74) is 3.74. The van der Waals surface area contributed by atoms with Crippen LogP contribution in [-0.4, -0.2) is 83.0 Å². The lowest BCUT2D eigenvalue weighted by atomic mass is 10.0. The molecular weight excluding hydrogens is 534 g/mol. The third-order valence-corrected chi connectivity index (χ3v) is 9.37. The fraction of sp³-hybridized carbons (Fsp3) is 0.438. The number of morpholine rings is 1. The van der Waals surface area contributed by atoms with Crippen LogP contribution in [0.25, 0.3) is 10.9 Å². The first kappa shape index (κ1) is 25.7. The van der Waals surface area contributed by atoms with Crippen molar-refractivity contribution < 1.29 is 23.9 Å². The summed E-state index contributed by atoms with van der Waals surface area (Å²) in [5, 5.41) is 3.51. The highest BCUT2D eigenvalue weighted by Crippen LogP contribution is 2.33. The molecule has 3 amide bonds. The van der Waals surface area contributed by atoms with Gasteiger partial charge in [-0.25, -0.2) is 4.98 Å². The van der Waals surface area contributed by atoms with Gasteiger partial charge in [0.1, 0.15) is 23.7 Å². The Labute approximate surface area is 243 Å². The average Bonchev–Trinajstić information content (AvgIpc) is 3.78. The summed E-state index contributed by atoms with van der Waals surface area (Å²) in [6, 6.07) is 16.3. The Morgan fingerprint density at radius 3 is 2.76 bits per heavy atom. The molecule has 2 bridgehead atoms. The normalized spacial score (nSPS) is 27.3. The van der Waals surface area contributed by atoms with E-state index in [9.17, 15) is 14.4 Å². The molecule has 1 aromatic heterocycles. The minimum absolute atomic E-state index is 0.0656. The first-order valence-corrected chi connectivity index (χ1v) is 14.9. The fourth-order valence-corrected chi connectivity index (χ4v) is 7.21. The minimum atomic E-state index is -0.612. The van der Waals surface area contributed by atoms with E-state index in [4.69, 9.17) is 14.5 Å². The molecule has 6 heterocycles. The summed E-state index contributed by atoms with van der Waals surface area (Å²) in [6.07, 6.45) is 3.06. The van der Waals surface area contributed by atoms with E-state index in [-0.39, 0.29) is 24.3 Å². The van der Waals surface area contributed by atoms with Crippen LogP contribution in [0.4, 0.5) is 5.82 Å². The molecule has 2 aromatic carbocycles. The number of anilines is 1. The highest BCUT2D eigenvalue weighted by atomic mass is 16.5. The zero-order chi connectivity index (χ0) is 28.4. The van der Waals surface area contributed by atoms with Crippen LogP contribution in [0.5, 0.6) is 5.75 Å². The molecule has 5 aliphatic heterocycles. The second-order valence-electron chi connectivity index (χ2n) is 12.2. The Hall–Kier alpha value is -4.02. The van der Waals surface area contributed by atoms with Gasteiger partial charge in [0.15, 0.2) is 0 Å². The van der Waals surface area contributed by atoms with Crippen LogP contribution in [0.1, 0.15) is 47.2 Å². The van der Waals surface area contributed by atoms with Crippen molar-refractivity contribution in [1.29, 1.82) is 0 Å². The highest BCUT2D eigenvalue weighted by molar-refractivity contribution is 6.05. The smallest absolute Gasteiger partial charge is 0.255 e. The number of hydrogen-bond donors (Lipinski definition) is 1. The molecule has 8 rings (SSSR count). The Morgan fingerprint density at radius 1 is 1.00 bits per heavy atom. The van der Waals surface area contributed by atoms with Gasteiger partial charge in [-0.05, 0) is 72.9 Å². The lowest BCUT2D eigenvalue weighted by molar-refractivity contribution is -0.136. The molecule has 216 valence electrons. The molecule has 5 aliphatic rings. The van der Waals surface area contributed by atoms with E-state index in [2.05, 4.69) is 45.4 Å². The zero-order valence-electron chi connectivity index (χ0n) is 23.3. The second kappa shape index (κ2) is 10.1. The number of nitrogens with one attached hydrogen (secondary N) is 1. The van der Waals surface area contributed by atoms with Gasteiger partial charge in [-0.2, -0.15) is 0 Å². The van der Waals surface area contributed by atoms with Gasteiger partial charge in [-0.3, -0.25) is 24.6 Å². The molecule has 4 saturated heterocycles. The summed E-state index contributed by atoms with van der Waals surface area (Å²) < 4.78 is 12.1. The van der Waals surface area contributed by atoms with Crippen molar-refractivity contribution in [3.05, 3.63) is 65.2 Å². The molecule has 3 aromatic rings. The van der Waals surface area contributed by atoms with Crippen molar-refractivity contribution >= 4 is 34.4 Å². The summed E-state index contributed by atoms with van der Waals surface area (Å²) >= 11 is 0. The first-order chi connectivity index (χ1) is 20.5. The second-order valence-corrected chi connectivity index (χ2v) is 12.2. The number of ether oxygens (including phenoxy) is 2. The van der Waals surface area contributed by atoms with Crippen molar-refractivity contribution in [1.82, 2.24) is 20.1 Å². The van der Waals surface area contributed by atoms with E-state index in [1.165, 1.54) is 5.56 Å². The molecule has 10 heteroatoms. The molecule has 4 fully saturated rings. The quantitative estimate of drug-likeness (QED) is 0.454. The van der Waals surface area contributed by atoms with Gasteiger partial charge in [-0.15, -0.1) is 0 Å². The van der Waals surface area contributed by atoms with Gasteiger partial charge in [0, 0.05) is 50.1 Å². The molecule has 1 N–H and O–H groups in total. The predicted octanol–water partition coefficient (Wildman–Crippen LogP) is 2.63. The van der Waals surface area contributed by atoms with Gasteiger partial charge >= 0.3 is 0 Å². The molecule has 0 spiro atoms. The predicted molar refractivity (Wildman–Crippen MR) is 154 cm³/mol. The van der Waals surface area contributed by atoms with Crippen LogP contribution in [0.15, 0.2) is 48.5 Å². The number of carbonyl (C=O) groups excluding carboxylic acids is 3. The monoisotopic (exact) mass is 567 g/mol. The summed E-state index contributed by atoms with van der Waals surface area (Å²) in [5.74, 6) is 0.937. The summed E-state index contributed by atoms with van der Waals surface area (Å²) in [4.78, 5) is 48.2. The SMILES string of the molecule is O=C1CCC(N2Cc3cc(O[C@H]4CCN(Cc5ccc6nc(N7C[C@@H]8C[C@H]7CO8)ccc6c5)C4)ccc3C2=O)C(=O)N1. The Bertz CT molecular complexity index is 1610. The van der Waals surface area contributed by atoms with Crippen molar-refractivity contribution in [3.63, 3.8) is 0 Å². The fourth-order valence-electron chi connectivity index (χ4n) is 7.21. The standard InChI is InChI=1S/C32H33N5O5/c38-30-8-6-28(31(39)34-30)37-15-21-12-23(3-4-26(21)32(37)40)42-24-9-10-35(16-24)14-19-1-5-27-20(11-19)2-7-29(33-27)36-17-25-13-22(36)18-41-25/h1-5,7,11-12,22,24-25,28H,6,8-10,13-18H2,(H,34,38,39)/t22-,24-,25-,28?/m0/s1. The van der Waals surface area contributed by atoms with Crippen LogP contribution in [-0.2, 0) is 27.4 Å². The maximum atomic E-state index is 13.0. The number of imide groups is 1. The van der Waals surface area contributed by atoms with E-state index >= 15 is 0 Å². The molecule has 0 radical (unpaired) electrons. The van der Waals surface area contributed by atoms with Crippen LogP contribution >= 0.6 is 0 Å². The number of pyridine rings is 1. The number of amides is 3. The Balaban J connectivity index is 0.886. The van der Waals surface area contributed by atoms with Crippen molar-refractivity contribution in [2.45, 2.75) is 63.1 Å². The molecule has 0 aliphatic carbocycles. The molecule has 1 unspecified atom stereocenters. The van der Waals surface area contributed by atoms with Crippen LogP contribution in [0.2, 0.25) is 0 Å². The largest absolute Gasteiger partial charge is 0.489 e. The number of piperidine rings is 1. The number of carbonyl (C=O) groups is 3. The van der Waals surface area contributed by atoms with Crippen LogP contribution in [0, 0.1) is 0 Å². The van der Waals surface area contributed by atoms with E-state index in [1.54, 1.807) is 11.0 Å². The third-order valence-electron chi connectivity index (χ3n) is 9.37. The van der Waals surface area contributed by atoms with Gasteiger partial charge in [-0.1, -0.05) is 6.07 Å². The average molecular weight is 568 g/mol. The highest BCUT2D eigenvalue weighted by Gasteiger charge is 2.40. The Kier molecular flexibility index (Phi) is 6.15. The molecule has 0 saturated carbocycles. The van der Waals surface area contributed by atoms with Gasteiger partial charge in [0.2, 0.25) is 11.8 Å². The molecule has 4 atom stereocenters. The lowest BCUT2D eigenvalue weighted by Crippen LogP contribution is -2.52. The number of aromatic nitrogens is 1. The number of benzene rings is 2. The van der Waals surface area contributed by atoms with Gasteiger partial charge < -0.3 is 19.3 Å². The number of fused-ring (bicyclic) bond motifs is 4. The van der Waals surface area contributed by atoms with Crippen LogP contribution < -0.4 is 15.0 Å². The van der Waals surface area contributed by atoms with E-state index in [1.807, 2.05) is 12.1 Å². The summed E-state index contributed by atoms with van der Waals surface area (Å²) in [7, 11) is 0. The molecular formula is C32H33N5O5. The van der Waals surface area contributed by atoms with Gasteiger partial charge in [0.05, 0.1) is 24.3 Å². The number of likely N-dealkylation sites (tertiary alicyclic amines) is 1. The summed E-state index contributed by atoms with van der Waals surface area (Å²) in [6.45, 7) is 4.72. The third kappa shape index (κ3) is 4.59. The maximum Gasteiger partial charge on any atom is 0.255 e. The number of rotatable bonds is 6. The van der Waals surface area contributed by atoms with Crippen molar-refractivity contribution in [3.8, 4) is 5.75 Å². The minimum Gasteiger partial charge on any atom is -0.489 e. The van der Waals surface area contributed by atoms with Crippen molar-refractivity contribution in [2.75, 3.05) is 31.1 Å². The first-order valence-electron chi connectivity index (χ1n) is 14.9.